The minimum Gasteiger partial charge on any atom is -0.356 e. The van der Waals surface area contributed by atoms with E-state index in [4.69, 9.17) is 0 Å². The van der Waals surface area contributed by atoms with E-state index in [9.17, 15) is 0 Å². The molecule has 112 valence electrons. The van der Waals surface area contributed by atoms with Gasteiger partial charge in [0.2, 0.25) is 0 Å². The number of fused-ring (bicyclic) bond motifs is 1. The van der Waals surface area contributed by atoms with E-state index in [1.54, 1.807) is 6.33 Å². The van der Waals surface area contributed by atoms with Crippen LogP contribution in [0.3, 0.4) is 0 Å². The van der Waals surface area contributed by atoms with E-state index in [0.717, 1.165) is 36.4 Å². The zero-order valence-corrected chi connectivity index (χ0v) is 12.4. The van der Waals surface area contributed by atoms with E-state index in [2.05, 4.69) is 43.0 Å². The molecule has 1 N–H and O–H groups in total. The molecule has 0 bridgehead atoms. The van der Waals surface area contributed by atoms with Crippen LogP contribution < -0.4 is 4.90 Å². The second kappa shape index (κ2) is 5.75. The number of nitrogens with one attached hydrogen (secondary N) is 1. The molecule has 1 saturated heterocycles. The van der Waals surface area contributed by atoms with Gasteiger partial charge in [0.25, 0.3) is 0 Å². The number of aromatic amines is 1. The van der Waals surface area contributed by atoms with Crippen molar-refractivity contribution in [1.29, 1.82) is 0 Å². The highest BCUT2D eigenvalue weighted by atomic mass is 15.2. The van der Waals surface area contributed by atoms with Gasteiger partial charge in [-0.1, -0.05) is 0 Å². The SMILES string of the molecule is c1cc(C2CCCN(c3ncnc4[nH]ccc34)CC2)ccn1. The predicted octanol–water partition coefficient (Wildman–Crippen LogP) is 3.13. The summed E-state index contributed by atoms with van der Waals surface area (Å²) in [6.45, 7) is 2.09. The zero-order chi connectivity index (χ0) is 14.8. The summed E-state index contributed by atoms with van der Waals surface area (Å²) in [5, 5.41) is 1.12. The number of pyridine rings is 1. The molecule has 1 atom stereocenters. The minimum absolute atomic E-state index is 0.622. The summed E-state index contributed by atoms with van der Waals surface area (Å²) >= 11 is 0. The maximum absolute atomic E-state index is 4.53. The van der Waals surface area contributed by atoms with Crippen LogP contribution in [0.15, 0.2) is 43.1 Å². The molecule has 1 aliphatic heterocycles. The fourth-order valence-electron chi connectivity index (χ4n) is 3.39. The van der Waals surface area contributed by atoms with Crippen LogP contribution in [0.2, 0.25) is 0 Å². The molecule has 0 amide bonds. The Hall–Kier alpha value is -2.43. The molecule has 0 saturated carbocycles. The van der Waals surface area contributed by atoms with Crippen molar-refractivity contribution >= 4 is 16.9 Å². The summed E-state index contributed by atoms with van der Waals surface area (Å²) in [5.74, 6) is 1.68. The standard InChI is InChI=1S/C17H19N5/c1-2-13(14-3-7-18-8-4-14)6-11-22(10-1)17-15-5-9-19-16(15)20-12-21-17/h3-5,7-9,12-13H,1-2,6,10-11H2,(H,19,20,21). The van der Waals surface area contributed by atoms with Gasteiger partial charge in [0.15, 0.2) is 0 Å². The van der Waals surface area contributed by atoms with Gasteiger partial charge in [-0.25, -0.2) is 9.97 Å². The lowest BCUT2D eigenvalue weighted by molar-refractivity contribution is 0.611. The Kier molecular flexibility index (Phi) is 3.46. The number of H-pyrrole nitrogens is 1. The van der Waals surface area contributed by atoms with Crippen LogP contribution in [0.25, 0.3) is 11.0 Å². The number of anilines is 1. The summed E-state index contributed by atoms with van der Waals surface area (Å²) in [6.07, 6.45) is 10.9. The summed E-state index contributed by atoms with van der Waals surface area (Å²) in [5.41, 5.74) is 2.33. The molecule has 0 aromatic carbocycles. The van der Waals surface area contributed by atoms with Crippen LogP contribution in [0.1, 0.15) is 30.7 Å². The molecule has 3 aromatic heterocycles. The van der Waals surface area contributed by atoms with Gasteiger partial charge >= 0.3 is 0 Å². The fraction of sp³-hybridized carbons (Fsp3) is 0.353. The minimum atomic E-state index is 0.622. The van der Waals surface area contributed by atoms with Crippen molar-refractivity contribution < 1.29 is 0 Å². The van der Waals surface area contributed by atoms with E-state index >= 15 is 0 Å². The van der Waals surface area contributed by atoms with Gasteiger partial charge < -0.3 is 9.88 Å². The van der Waals surface area contributed by atoms with Crippen LogP contribution >= 0.6 is 0 Å². The average molecular weight is 293 g/mol. The molecular weight excluding hydrogens is 274 g/mol. The highest BCUT2D eigenvalue weighted by molar-refractivity contribution is 5.87. The van der Waals surface area contributed by atoms with Crippen LogP contribution in [-0.2, 0) is 0 Å². The highest BCUT2D eigenvalue weighted by Gasteiger charge is 2.20. The number of hydrogen-bond acceptors (Lipinski definition) is 4. The van der Waals surface area contributed by atoms with Crippen molar-refractivity contribution in [2.45, 2.75) is 25.2 Å². The van der Waals surface area contributed by atoms with Gasteiger partial charge in [-0.2, -0.15) is 0 Å². The monoisotopic (exact) mass is 293 g/mol. The Labute approximate surface area is 129 Å². The Bertz CT molecular complexity index is 752. The number of aromatic nitrogens is 4. The van der Waals surface area contributed by atoms with Gasteiger partial charge in [-0.15, -0.1) is 0 Å². The smallest absolute Gasteiger partial charge is 0.142 e. The Morgan fingerprint density at radius 1 is 1.05 bits per heavy atom. The molecule has 22 heavy (non-hydrogen) atoms. The number of hydrogen-bond donors (Lipinski definition) is 1. The largest absolute Gasteiger partial charge is 0.356 e. The lowest BCUT2D eigenvalue weighted by Gasteiger charge is -2.22. The number of nitrogens with zero attached hydrogens (tertiary/aromatic N) is 4. The Morgan fingerprint density at radius 2 is 1.95 bits per heavy atom. The first kappa shape index (κ1) is 13.2. The molecule has 1 aliphatic rings. The molecule has 3 aromatic rings. The zero-order valence-electron chi connectivity index (χ0n) is 12.4. The Morgan fingerprint density at radius 3 is 2.86 bits per heavy atom. The topological polar surface area (TPSA) is 57.7 Å². The summed E-state index contributed by atoms with van der Waals surface area (Å²) in [7, 11) is 0. The van der Waals surface area contributed by atoms with E-state index in [-0.39, 0.29) is 0 Å². The van der Waals surface area contributed by atoms with Crippen molar-refractivity contribution in [1.82, 2.24) is 19.9 Å². The van der Waals surface area contributed by atoms with Crippen molar-refractivity contribution in [2.75, 3.05) is 18.0 Å². The van der Waals surface area contributed by atoms with Gasteiger partial charge in [-0.3, -0.25) is 4.98 Å². The normalized spacial score (nSPS) is 19.3. The van der Waals surface area contributed by atoms with E-state index in [1.807, 2.05) is 18.6 Å². The summed E-state index contributed by atoms with van der Waals surface area (Å²) < 4.78 is 0. The van der Waals surface area contributed by atoms with Crippen molar-refractivity contribution in [2.24, 2.45) is 0 Å². The van der Waals surface area contributed by atoms with Crippen molar-refractivity contribution in [3.05, 3.63) is 48.7 Å². The maximum Gasteiger partial charge on any atom is 0.142 e. The molecule has 0 aliphatic carbocycles. The maximum atomic E-state index is 4.53. The quantitative estimate of drug-likeness (QED) is 0.788. The van der Waals surface area contributed by atoms with Crippen LogP contribution in [0, 0.1) is 0 Å². The third-order valence-electron chi connectivity index (χ3n) is 4.54. The lowest BCUT2D eigenvalue weighted by atomic mass is 9.93. The van der Waals surface area contributed by atoms with Crippen LogP contribution in [0.5, 0.6) is 0 Å². The van der Waals surface area contributed by atoms with E-state index in [1.165, 1.54) is 18.4 Å². The molecule has 4 rings (SSSR count). The molecule has 1 unspecified atom stereocenters. The molecule has 5 nitrogen and oxygen atoms in total. The average Bonchev–Trinajstić information content (AvgIpc) is 2.92. The molecule has 0 radical (unpaired) electrons. The predicted molar refractivity (Wildman–Crippen MR) is 86.9 cm³/mol. The molecule has 4 heterocycles. The van der Waals surface area contributed by atoms with Crippen molar-refractivity contribution in [3.63, 3.8) is 0 Å². The molecule has 5 heteroatoms. The second-order valence-corrected chi connectivity index (χ2v) is 5.83. The fourth-order valence-corrected chi connectivity index (χ4v) is 3.39. The van der Waals surface area contributed by atoms with Gasteiger partial charge in [0, 0.05) is 31.7 Å². The van der Waals surface area contributed by atoms with Gasteiger partial charge in [0.05, 0.1) is 5.39 Å². The van der Waals surface area contributed by atoms with Crippen molar-refractivity contribution in [3.8, 4) is 0 Å². The third kappa shape index (κ3) is 2.43. The summed E-state index contributed by atoms with van der Waals surface area (Å²) in [6, 6.07) is 6.36. The van der Waals surface area contributed by atoms with Gasteiger partial charge in [-0.05, 0) is 48.9 Å². The molecule has 1 fully saturated rings. The third-order valence-corrected chi connectivity index (χ3v) is 4.54. The van der Waals surface area contributed by atoms with E-state index < -0.39 is 0 Å². The molecular formula is C17H19N5. The van der Waals surface area contributed by atoms with Crippen LogP contribution in [-0.4, -0.2) is 33.0 Å². The second-order valence-electron chi connectivity index (χ2n) is 5.83. The first-order valence-corrected chi connectivity index (χ1v) is 7.85. The Balaban J connectivity index is 1.57. The van der Waals surface area contributed by atoms with Crippen LogP contribution in [0.4, 0.5) is 5.82 Å². The molecule has 0 spiro atoms. The first-order valence-electron chi connectivity index (χ1n) is 7.85. The number of rotatable bonds is 2. The summed E-state index contributed by atoms with van der Waals surface area (Å²) in [4.78, 5) is 18.5. The van der Waals surface area contributed by atoms with E-state index in [0.29, 0.717) is 5.92 Å². The lowest BCUT2D eigenvalue weighted by Crippen LogP contribution is -2.25. The highest BCUT2D eigenvalue weighted by Crippen LogP contribution is 2.30. The first-order chi connectivity index (χ1) is 10.9. The van der Waals surface area contributed by atoms with Gasteiger partial charge in [0.1, 0.15) is 17.8 Å².